The van der Waals surface area contributed by atoms with Crippen molar-refractivity contribution in [1.82, 2.24) is 34.9 Å². The van der Waals surface area contributed by atoms with Crippen LogP contribution in [0.3, 0.4) is 0 Å². The number of hydrogen-bond acceptors (Lipinski definition) is 5. The van der Waals surface area contributed by atoms with Crippen molar-refractivity contribution >= 4 is 27.9 Å². The molecule has 0 unspecified atom stereocenters. The van der Waals surface area contributed by atoms with Crippen molar-refractivity contribution in [3.63, 3.8) is 0 Å². The van der Waals surface area contributed by atoms with Gasteiger partial charge < -0.3 is 9.97 Å². The lowest BCUT2D eigenvalue weighted by atomic mass is 10.1. The Hall–Kier alpha value is -3.81. The van der Waals surface area contributed by atoms with Crippen LogP contribution >= 0.6 is 0 Å². The number of Topliss-reactive ketones (excluding diaryl/α,β-unsaturated/α-hetero) is 1. The average molecular weight is 343 g/mol. The first-order chi connectivity index (χ1) is 12.8. The smallest absolute Gasteiger partial charge is 0.186 e. The maximum atomic E-state index is 12.8. The van der Waals surface area contributed by atoms with Crippen LogP contribution in [0.1, 0.15) is 10.4 Å². The van der Waals surface area contributed by atoms with E-state index >= 15 is 0 Å². The number of carbonyl (C=O) groups excluding carboxylic acids is 1. The number of H-pyrrole nitrogens is 2. The molecular formula is C18H13N7O. The Morgan fingerprint density at radius 3 is 2.58 bits per heavy atom. The number of ketones is 1. The molecule has 0 aliphatic rings. The van der Waals surface area contributed by atoms with Gasteiger partial charge in [-0.3, -0.25) is 4.79 Å². The van der Waals surface area contributed by atoms with Crippen molar-refractivity contribution in [3.8, 4) is 11.3 Å². The first-order valence-corrected chi connectivity index (χ1v) is 8.07. The fourth-order valence-electron chi connectivity index (χ4n) is 3.16. The molecule has 5 aromatic heterocycles. The third-order valence-corrected chi connectivity index (χ3v) is 4.39. The molecule has 0 bridgehead atoms. The number of hydrogen-bond donors (Lipinski definition) is 2. The highest BCUT2D eigenvalue weighted by atomic mass is 16.1. The minimum Gasteiger partial charge on any atom is -0.345 e. The van der Waals surface area contributed by atoms with Gasteiger partial charge in [0, 0.05) is 46.7 Å². The fraction of sp³-hybridized carbons (Fsp3) is 0.0556. The number of rotatable bonds is 4. The van der Waals surface area contributed by atoms with Crippen LogP contribution in [-0.2, 0) is 6.54 Å². The summed E-state index contributed by atoms with van der Waals surface area (Å²) in [5.41, 5.74) is 3.74. The minimum atomic E-state index is -0.0611. The summed E-state index contributed by atoms with van der Waals surface area (Å²) in [6, 6.07) is 7.53. The van der Waals surface area contributed by atoms with Crippen LogP contribution in [0.15, 0.2) is 55.2 Å². The summed E-state index contributed by atoms with van der Waals surface area (Å²) in [5.74, 6) is -0.0611. The highest BCUT2D eigenvalue weighted by Gasteiger charge is 2.17. The lowest BCUT2D eigenvalue weighted by Gasteiger charge is -2.04. The molecule has 0 saturated heterocycles. The average Bonchev–Trinajstić information content (AvgIpc) is 3.39. The van der Waals surface area contributed by atoms with Crippen molar-refractivity contribution in [2.45, 2.75) is 6.54 Å². The zero-order chi connectivity index (χ0) is 17.5. The number of carbonyl (C=O) groups is 1. The predicted octanol–water partition coefficient (Wildman–Crippen LogP) is 2.58. The van der Waals surface area contributed by atoms with Crippen molar-refractivity contribution in [2.24, 2.45) is 0 Å². The Balaban J connectivity index is 1.53. The van der Waals surface area contributed by atoms with Gasteiger partial charge in [-0.1, -0.05) is 5.21 Å². The van der Waals surface area contributed by atoms with Crippen LogP contribution in [-0.4, -0.2) is 40.7 Å². The van der Waals surface area contributed by atoms with Gasteiger partial charge in [0.05, 0.1) is 11.9 Å². The van der Waals surface area contributed by atoms with E-state index in [2.05, 4.69) is 30.2 Å². The third kappa shape index (κ3) is 2.20. The fourth-order valence-corrected chi connectivity index (χ4v) is 3.16. The predicted molar refractivity (Wildman–Crippen MR) is 95.5 cm³/mol. The molecule has 0 atom stereocenters. The van der Waals surface area contributed by atoms with Crippen molar-refractivity contribution in [3.05, 3.63) is 60.8 Å². The van der Waals surface area contributed by atoms with Gasteiger partial charge in [-0.25, -0.2) is 14.6 Å². The molecule has 126 valence electrons. The highest BCUT2D eigenvalue weighted by molar-refractivity contribution is 6.07. The van der Waals surface area contributed by atoms with E-state index in [9.17, 15) is 4.79 Å². The standard InChI is InChI=1S/C18H13N7O/c26-16(14-8-22-18-12(14)4-2-6-20-18)10-25-15(9-23-24-25)13-7-21-17-11(13)3-1-5-19-17/h1-9H,10H2,(H,19,21)(H,20,22). The molecule has 0 amide bonds. The zero-order valence-electron chi connectivity index (χ0n) is 13.5. The van der Waals surface area contributed by atoms with Gasteiger partial charge in [0.15, 0.2) is 5.78 Å². The summed E-state index contributed by atoms with van der Waals surface area (Å²) >= 11 is 0. The molecule has 0 saturated carbocycles. The summed E-state index contributed by atoms with van der Waals surface area (Å²) in [4.78, 5) is 27.5. The molecule has 5 rings (SSSR count). The van der Waals surface area contributed by atoms with E-state index in [-0.39, 0.29) is 12.3 Å². The Kier molecular flexibility index (Phi) is 3.14. The minimum absolute atomic E-state index is 0.0611. The van der Waals surface area contributed by atoms with Gasteiger partial charge in [-0.2, -0.15) is 0 Å². The Morgan fingerprint density at radius 1 is 1.00 bits per heavy atom. The van der Waals surface area contributed by atoms with Crippen LogP contribution in [0, 0.1) is 0 Å². The molecule has 0 fully saturated rings. The zero-order valence-corrected chi connectivity index (χ0v) is 13.5. The Labute approximate surface area is 146 Å². The van der Waals surface area contributed by atoms with Gasteiger partial charge >= 0.3 is 0 Å². The first-order valence-electron chi connectivity index (χ1n) is 8.07. The number of pyridine rings is 2. The molecule has 8 nitrogen and oxygen atoms in total. The van der Waals surface area contributed by atoms with E-state index < -0.39 is 0 Å². The topological polar surface area (TPSA) is 105 Å². The maximum Gasteiger partial charge on any atom is 0.186 e. The van der Waals surface area contributed by atoms with Crippen LogP contribution in [0.5, 0.6) is 0 Å². The van der Waals surface area contributed by atoms with Crippen molar-refractivity contribution in [1.29, 1.82) is 0 Å². The molecule has 2 N–H and O–H groups in total. The largest absolute Gasteiger partial charge is 0.345 e. The van der Waals surface area contributed by atoms with E-state index in [4.69, 9.17) is 0 Å². The number of nitrogens with one attached hydrogen (secondary N) is 2. The molecular weight excluding hydrogens is 330 g/mol. The van der Waals surface area contributed by atoms with E-state index in [1.165, 1.54) is 0 Å². The lowest BCUT2D eigenvalue weighted by Crippen LogP contribution is -2.12. The normalized spacial score (nSPS) is 11.4. The summed E-state index contributed by atoms with van der Waals surface area (Å²) in [7, 11) is 0. The van der Waals surface area contributed by atoms with E-state index in [1.54, 1.807) is 29.5 Å². The summed E-state index contributed by atoms with van der Waals surface area (Å²) in [5, 5.41) is 9.84. The summed E-state index contributed by atoms with van der Waals surface area (Å²) in [6.45, 7) is 0.0874. The monoisotopic (exact) mass is 343 g/mol. The van der Waals surface area contributed by atoms with Crippen LogP contribution < -0.4 is 0 Å². The molecule has 26 heavy (non-hydrogen) atoms. The van der Waals surface area contributed by atoms with Gasteiger partial charge in [0.25, 0.3) is 0 Å². The first kappa shape index (κ1) is 14.5. The molecule has 5 heterocycles. The molecule has 0 spiro atoms. The molecule has 0 aromatic carbocycles. The van der Waals surface area contributed by atoms with Gasteiger partial charge in [-0.05, 0) is 24.3 Å². The second-order valence-corrected chi connectivity index (χ2v) is 5.90. The van der Waals surface area contributed by atoms with Gasteiger partial charge in [0.1, 0.15) is 17.8 Å². The van der Waals surface area contributed by atoms with Gasteiger partial charge in [-0.15, -0.1) is 5.10 Å². The number of aromatic nitrogens is 7. The molecule has 0 aliphatic carbocycles. The molecule has 5 aromatic rings. The highest BCUT2D eigenvalue weighted by Crippen LogP contribution is 2.27. The van der Waals surface area contributed by atoms with E-state index in [1.807, 2.05) is 30.5 Å². The van der Waals surface area contributed by atoms with Crippen molar-refractivity contribution in [2.75, 3.05) is 0 Å². The second-order valence-electron chi connectivity index (χ2n) is 5.90. The van der Waals surface area contributed by atoms with Crippen LogP contribution in [0.2, 0.25) is 0 Å². The maximum absolute atomic E-state index is 12.8. The number of nitrogens with zero attached hydrogens (tertiary/aromatic N) is 5. The van der Waals surface area contributed by atoms with E-state index in [0.29, 0.717) is 11.2 Å². The van der Waals surface area contributed by atoms with Crippen molar-refractivity contribution < 1.29 is 4.79 Å². The molecule has 8 heteroatoms. The van der Waals surface area contributed by atoms with E-state index in [0.717, 1.165) is 27.7 Å². The Morgan fingerprint density at radius 2 is 1.73 bits per heavy atom. The number of aromatic amines is 2. The second kappa shape index (κ2) is 5.62. The van der Waals surface area contributed by atoms with Crippen LogP contribution in [0.4, 0.5) is 0 Å². The SMILES string of the molecule is O=C(Cn1nncc1-c1c[nH]c2ncccc12)c1c[nH]c2ncccc12. The molecule has 0 aliphatic heterocycles. The summed E-state index contributed by atoms with van der Waals surface area (Å²) < 4.78 is 1.60. The quantitative estimate of drug-likeness (QED) is 0.488. The van der Waals surface area contributed by atoms with Gasteiger partial charge in [0.2, 0.25) is 0 Å². The lowest BCUT2D eigenvalue weighted by molar-refractivity contribution is 0.0969. The number of fused-ring (bicyclic) bond motifs is 2. The Bertz CT molecular complexity index is 1250. The third-order valence-electron chi connectivity index (χ3n) is 4.39. The van der Waals surface area contributed by atoms with Crippen LogP contribution in [0.25, 0.3) is 33.3 Å². The molecule has 0 radical (unpaired) electrons. The summed E-state index contributed by atoms with van der Waals surface area (Å²) in [6.07, 6.45) is 8.61.